The van der Waals surface area contributed by atoms with E-state index in [2.05, 4.69) is 70.7 Å². The van der Waals surface area contributed by atoms with Gasteiger partial charge >= 0.3 is 0 Å². The molecule has 0 unspecified atom stereocenters. The number of ether oxygens (including phenoxy) is 1. The van der Waals surface area contributed by atoms with Crippen LogP contribution in [-0.2, 0) is 4.74 Å². The predicted molar refractivity (Wildman–Crippen MR) is 190 cm³/mol. The predicted octanol–water partition coefficient (Wildman–Crippen LogP) is 8.59. The summed E-state index contributed by atoms with van der Waals surface area (Å²) in [5.41, 5.74) is 1.52. The van der Waals surface area contributed by atoms with Gasteiger partial charge in [-0.05, 0) is 70.6 Å². The topological polar surface area (TPSA) is 70.7 Å². The first-order valence-corrected chi connectivity index (χ1v) is 19.3. The van der Waals surface area contributed by atoms with Gasteiger partial charge in [0.25, 0.3) is 0 Å². The molecule has 0 saturated heterocycles. The second kappa shape index (κ2) is 13.4. The van der Waals surface area contributed by atoms with Crippen molar-refractivity contribution in [3.63, 3.8) is 0 Å². The van der Waals surface area contributed by atoms with Crippen LogP contribution in [0.25, 0.3) is 0 Å². The molecule has 8 rings (SSSR count). The SMILES string of the molecule is CC(C)C1=NC2(CC2)CS1.CC(C)C1=NC2(CCC2)CO1.CC(C)C1=NC2(CCC2)CS1.CC(C)C1=NCC2(CCC2)N1. The number of hydrogen-bond acceptors (Lipinski definition) is 8. The van der Waals surface area contributed by atoms with E-state index in [0.29, 0.717) is 40.3 Å². The van der Waals surface area contributed by atoms with E-state index in [1.54, 1.807) is 0 Å². The van der Waals surface area contributed by atoms with Crippen molar-refractivity contribution >= 4 is 45.3 Å². The fourth-order valence-corrected chi connectivity index (χ4v) is 9.01. The van der Waals surface area contributed by atoms with Gasteiger partial charge in [0.1, 0.15) is 6.61 Å². The number of amidine groups is 1. The zero-order chi connectivity index (χ0) is 30.9. The molecule has 43 heavy (non-hydrogen) atoms. The lowest BCUT2D eigenvalue weighted by Gasteiger charge is -2.38. The third kappa shape index (κ3) is 8.04. The number of rotatable bonds is 4. The molecule has 1 N–H and O–H groups in total. The normalized spacial score (nSPS) is 27.1. The highest BCUT2D eigenvalue weighted by atomic mass is 32.2. The second-order valence-electron chi connectivity index (χ2n) is 15.7. The van der Waals surface area contributed by atoms with Crippen molar-refractivity contribution in [2.45, 2.75) is 148 Å². The lowest BCUT2D eigenvalue weighted by atomic mass is 9.77. The van der Waals surface area contributed by atoms with Gasteiger partial charge < -0.3 is 10.1 Å². The molecule has 4 saturated carbocycles. The Morgan fingerprint density at radius 2 is 1.12 bits per heavy atom. The maximum atomic E-state index is 5.52. The first-order chi connectivity index (χ1) is 20.4. The minimum Gasteiger partial charge on any atom is -0.478 e. The van der Waals surface area contributed by atoms with Gasteiger partial charge in [-0.3, -0.25) is 15.0 Å². The van der Waals surface area contributed by atoms with Gasteiger partial charge in [0.15, 0.2) is 5.90 Å². The molecular weight excluding hydrogens is 571 g/mol. The van der Waals surface area contributed by atoms with Crippen LogP contribution in [0.3, 0.4) is 0 Å². The quantitative estimate of drug-likeness (QED) is 0.338. The van der Waals surface area contributed by atoms with Gasteiger partial charge in [-0.15, -0.1) is 23.5 Å². The molecule has 4 heterocycles. The Hall–Kier alpha value is -1.02. The number of hydrogen-bond donors (Lipinski definition) is 1. The lowest BCUT2D eigenvalue weighted by molar-refractivity contribution is 0.172. The van der Waals surface area contributed by atoms with Crippen molar-refractivity contribution in [3.8, 4) is 0 Å². The zero-order valence-electron chi connectivity index (χ0n) is 28.4. The van der Waals surface area contributed by atoms with Gasteiger partial charge in [-0.25, -0.2) is 4.99 Å². The van der Waals surface area contributed by atoms with Gasteiger partial charge in [-0.2, -0.15) is 0 Å². The monoisotopic (exact) mass is 629 g/mol. The smallest absolute Gasteiger partial charge is 0.186 e. The molecule has 0 aromatic heterocycles. The fourth-order valence-electron chi connectivity index (χ4n) is 6.29. The minimum absolute atomic E-state index is 0.236. The van der Waals surface area contributed by atoms with Crippen LogP contribution in [0, 0.1) is 23.7 Å². The highest BCUT2D eigenvalue weighted by Gasteiger charge is 2.47. The molecular formula is C35H59N5OS2. The molecule has 6 nitrogen and oxygen atoms in total. The van der Waals surface area contributed by atoms with Crippen LogP contribution in [0.4, 0.5) is 0 Å². The van der Waals surface area contributed by atoms with Crippen molar-refractivity contribution in [2.75, 3.05) is 24.7 Å². The summed E-state index contributed by atoms with van der Waals surface area (Å²) in [6, 6.07) is 0. The van der Waals surface area contributed by atoms with Gasteiger partial charge in [-0.1, -0.05) is 55.4 Å². The molecule has 4 aliphatic heterocycles. The Labute approximate surface area is 271 Å². The molecule has 4 spiro atoms. The largest absolute Gasteiger partial charge is 0.478 e. The average molecular weight is 630 g/mol. The molecule has 0 bridgehead atoms. The third-order valence-corrected chi connectivity index (χ3v) is 13.3. The van der Waals surface area contributed by atoms with Gasteiger partial charge in [0.05, 0.1) is 44.6 Å². The van der Waals surface area contributed by atoms with E-state index in [-0.39, 0.29) is 5.54 Å². The summed E-state index contributed by atoms with van der Waals surface area (Å²) >= 11 is 3.95. The number of nitrogens with zero attached hydrogens (tertiary/aromatic N) is 4. The zero-order valence-corrected chi connectivity index (χ0v) is 30.1. The molecule has 8 heteroatoms. The van der Waals surface area contributed by atoms with Crippen LogP contribution in [0.15, 0.2) is 20.0 Å². The van der Waals surface area contributed by atoms with Crippen molar-refractivity contribution in [1.82, 2.24) is 5.32 Å². The fraction of sp³-hybridized carbons (Fsp3) is 0.886. The van der Waals surface area contributed by atoms with E-state index in [9.17, 15) is 0 Å². The van der Waals surface area contributed by atoms with E-state index in [1.807, 2.05) is 23.5 Å². The Kier molecular flexibility index (Phi) is 10.4. The Bertz CT molecular complexity index is 1060. The van der Waals surface area contributed by atoms with Crippen molar-refractivity contribution in [3.05, 3.63) is 0 Å². The van der Waals surface area contributed by atoms with E-state index >= 15 is 0 Å². The summed E-state index contributed by atoms with van der Waals surface area (Å²) in [5, 5.41) is 6.33. The highest BCUT2D eigenvalue weighted by molar-refractivity contribution is 8.14. The van der Waals surface area contributed by atoms with Gasteiger partial charge in [0, 0.05) is 35.2 Å². The Morgan fingerprint density at radius 3 is 1.33 bits per heavy atom. The molecule has 0 atom stereocenters. The molecule has 0 aromatic rings. The van der Waals surface area contributed by atoms with Gasteiger partial charge in [0.2, 0.25) is 0 Å². The minimum atomic E-state index is 0.236. The molecule has 4 aliphatic carbocycles. The highest BCUT2D eigenvalue weighted by Crippen LogP contribution is 2.48. The summed E-state index contributed by atoms with van der Waals surface area (Å²) in [6.45, 7) is 19.5. The summed E-state index contributed by atoms with van der Waals surface area (Å²) in [5.74, 6) is 7.09. The van der Waals surface area contributed by atoms with Crippen molar-refractivity contribution < 1.29 is 4.74 Å². The van der Waals surface area contributed by atoms with Crippen LogP contribution in [0.1, 0.15) is 126 Å². The van der Waals surface area contributed by atoms with Crippen LogP contribution < -0.4 is 5.32 Å². The second-order valence-corrected chi connectivity index (χ2v) is 17.7. The molecule has 0 aromatic carbocycles. The third-order valence-electron chi connectivity index (χ3n) is 10.2. The van der Waals surface area contributed by atoms with Crippen molar-refractivity contribution in [1.29, 1.82) is 0 Å². The Balaban J connectivity index is 0.000000114. The van der Waals surface area contributed by atoms with Crippen LogP contribution in [0.5, 0.6) is 0 Å². The number of thioether (sulfide) groups is 2. The molecule has 4 fully saturated rings. The maximum Gasteiger partial charge on any atom is 0.186 e. The molecule has 0 radical (unpaired) electrons. The maximum absolute atomic E-state index is 5.52. The summed E-state index contributed by atoms with van der Waals surface area (Å²) in [7, 11) is 0. The van der Waals surface area contributed by atoms with E-state index in [0.717, 1.165) is 19.0 Å². The van der Waals surface area contributed by atoms with E-state index in [1.165, 1.54) is 98.1 Å². The summed E-state index contributed by atoms with van der Waals surface area (Å²) in [4.78, 5) is 18.7. The first kappa shape index (κ1) is 33.3. The van der Waals surface area contributed by atoms with Crippen molar-refractivity contribution in [2.24, 2.45) is 43.6 Å². The Morgan fingerprint density at radius 1 is 0.605 bits per heavy atom. The van der Waals surface area contributed by atoms with Crippen LogP contribution in [-0.4, -0.2) is 68.6 Å². The summed E-state index contributed by atoms with van der Waals surface area (Å²) in [6.07, 6.45) is 14.6. The molecule has 242 valence electrons. The molecule has 0 amide bonds. The molecule has 8 aliphatic rings. The standard InChI is InChI=1S/C9H16N2.C9H15NO.C9H15NS.C8H13NS/c1-7(2)8-10-6-9(11-8)4-3-5-9;2*1-7(2)8-10-9(6-11-8)4-3-5-9;1-6(2)7-9-8(3-4-8)5-10-7/h7H,3-6H2,1-2H3,(H,10,11);2*7H,3-6H2,1-2H3;6H,3-5H2,1-2H3. The lowest BCUT2D eigenvalue weighted by Crippen LogP contribution is -2.52. The summed E-state index contributed by atoms with van der Waals surface area (Å²) < 4.78 is 5.52. The first-order valence-electron chi connectivity index (χ1n) is 17.4. The number of nitrogens with one attached hydrogen (secondary N) is 1. The average Bonchev–Trinajstić information content (AvgIpc) is 3.42. The van der Waals surface area contributed by atoms with E-state index < -0.39 is 0 Å². The number of aliphatic imine (C=N–C) groups is 4. The van der Waals surface area contributed by atoms with Crippen LogP contribution >= 0.6 is 23.5 Å². The van der Waals surface area contributed by atoms with E-state index in [4.69, 9.17) is 14.7 Å². The van der Waals surface area contributed by atoms with Crippen LogP contribution in [0.2, 0.25) is 0 Å².